The number of rotatable bonds is 4. The lowest BCUT2D eigenvalue weighted by Crippen LogP contribution is -2.56. The lowest BCUT2D eigenvalue weighted by molar-refractivity contribution is -0.0645. The number of fused-ring (bicyclic) bond motifs is 1. The summed E-state index contributed by atoms with van der Waals surface area (Å²) in [5, 5.41) is 8.06. The Hall–Kier alpha value is -1.02. The molecule has 106 valence electrons. The third kappa shape index (κ3) is 2.79. The third-order valence-electron chi connectivity index (χ3n) is 4.16. The maximum absolute atomic E-state index is 5.98. The second-order valence-electron chi connectivity index (χ2n) is 5.52. The van der Waals surface area contributed by atoms with Crippen LogP contribution in [0.15, 0.2) is 6.20 Å². The largest absolute Gasteiger partial charge is 0.374 e. The van der Waals surface area contributed by atoms with E-state index in [9.17, 15) is 0 Å². The maximum Gasteiger partial charge on any atom is 0.0872 e. The van der Waals surface area contributed by atoms with E-state index in [-0.39, 0.29) is 12.1 Å². The quantitative estimate of drug-likeness (QED) is 0.540. The Kier molecular flexibility index (Phi) is 3.79. The lowest BCUT2D eigenvalue weighted by atomic mass is 10.0. The van der Waals surface area contributed by atoms with E-state index in [1.807, 2.05) is 13.2 Å². The van der Waals surface area contributed by atoms with Crippen molar-refractivity contribution in [1.29, 1.82) is 0 Å². The molecule has 2 aliphatic heterocycles. The van der Waals surface area contributed by atoms with Crippen LogP contribution in [0.25, 0.3) is 0 Å². The number of nitrogens with one attached hydrogen (secondary N) is 1. The van der Waals surface area contributed by atoms with Gasteiger partial charge in [-0.05, 0) is 19.4 Å². The molecule has 3 rings (SSSR count). The molecule has 1 aromatic heterocycles. The summed E-state index contributed by atoms with van der Waals surface area (Å²) in [6.45, 7) is 2.97. The van der Waals surface area contributed by atoms with Crippen LogP contribution in [-0.2, 0) is 18.2 Å². The molecule has 0 amide bonds. The van der Waals surface area contributed by atoms with Crippen LogP contribution >= 0.6 is 0 Å². The summed E-state index contributed by atoms with van der Waals surface area (Å²) in [4.78, 5) is 2.52. The van der Waals surface area contributed by atoms with Crippen LogP contribution in [0, 0.1) is 0 Å². The number of morpholine rings is 1. The van der Waals surface area contributed by atoms with Gasteiger partial charge in [0.2, 0.25) is 0 Å². The van der Waals surface area contributed by atoms with Gasteiger partial charge < -0.3 is 4.74 Å². The number of aryl methyl sites for hydroxylation is 1. The number of nitrogens with zero attached hydrogens (tertiary/aromatic N) is 4. The predicted molar refractivity (Wildman–Crippen MR) is 70.2 cm³/mol. The zero-order valence-corrected chi connectivity index (χ0v) is 11.3. The Bertz CT molecular complexity index is 422. The van der Waals surface area contributed by atoms with E-state index in [1.165, 1.54) is 19.4 Å². The summed E-state index contributed by atoms with van der Waals surface area (Å²) in [5.74, 6) is 5.69. The first-order valence-corrected chi connectivity index (χ1v) is 6.93. The highest BCUT2D eigenvalue weighted by atomic mass is 16.5. The molecule has 2 aliphatic rings. The number of ether oxygens (including phenoxy) is 1. The fraction of sp³-hybridized carbons (Fsp3) is 0.833. The van der Waals surface area contributed by atoms with E-state index in [2.05, 4.69) is 20.6 Å². The van der Waals surface area contributed by atoms with Crippen LogP contribution in [0.5, 0.6) is 0 Å². The van der Waals surface area contributed by atoms with Crippen molar-refractivity contribution in [2.45, 2.75) is 37.5 Å². The standard InChI is InChI=1S/C12H22N6O/c1-17-6-9(15-16-17)5-11(14-13)12-7-18-4-2-3-10(18)8-19-12/h6,10-12,14H,2-5,7-8,13H2,1H3. The van der Waals surface area contributed by atoms with Gasteiger partial charge in [0, 0.05) is 32.3 Å². The Morgan fingerprint density at radius 1 is 1.63 bits per heavy atom. The van der Waals surface area contributed by atoms with Crippen LogP contribution in [0.3, 0.4) is 0 Å². The Labute approximate surface area is 113 Å². The number of hydrazine groups is 1. The molecule has 1 aromatic rings. The second kappa shape index (κ2) is 5.54. The SMILES string of the molecule is Cn1cc(CC(NN)C2CN3CCCC3CO2)nn1. The number of hydrogen-bond donors (Lipinski definition) is 2. The van der Waals surface area contributed by atoms with Gasteiger partial charge in [0.1, 0.15) is 0 Å². The molecule has 0 radical (unpaired) electrons. The molecule has 3 N–H and O–H groups in total. The maximum atomic E-state index is 5.98. The Morgan fingerprint density at radius 3 is 3.26 bits per heavy atom. The van der Waals surface area contributed by atoms with Crippen molar-refractivity contribution in [3.05, 3.63) is 11.9 Å². The fourth-order valence-electron chi connectivity index (χ4n) is 3.10. The summed E-state index contributed by atoms with van der Waals surface area (Å²) < 4.78 is 7.69. The summed E-state index contributed by atoms with van der Waals surface area (Å²) >= 11 is 0. The molecule has 7 nitrogen and oxygen atoms in total. The molecule has 19 heavy (non-hydrogen) atoms. The zero-order valence-electron chi connectivity index (χ0n) is 11.3. The van der Waals surface area contributed by atoms with Gasteiger partial charge in [-0.1, -0.05) is 5.21 Å². The average Bonchev–Trinajstić information content (AvgIpc) is 3.03. The molecule has 0 aromatic carbocycles. The van der Waals surface area contributed by atoms with Crippen LogP contribution in [0.2, 0.25) is 0 Å². The van der Waals surface area contributed by atoms with Crippen LogP contribution < -0.4 is 11.3 Å². The highest BCUT2D eigenvalue weighted by molar-refractivity contribution is 4.99. The van der Waals surface area contributed by atoms with Gasteiger partial charge in [-0.2, -0.15) is 0 Å². The zero-order chi connectivity index (χ0) is 13.2. The molecular formula is C12H22N6O. The summed E-state index contributed by atoms with van der Waals surface area (Å²) in [5.41, 5.74) is 3.82. The van der Waals surface area contributed by atoms with Crippen LogP contribution in [-0.4, -0.2) is 57.8 Å². The van der Waals surface area contributed by atoms with Crippen molar-refractivity contribution in [2.75, 3.05) is 19.7 Å². The van der Waals surface area contributed by atoms with Gasteiger partial charge in [0.25, 0.3) is 0 Å². The molecular weight excluding hydrogens is 244 g/mol. The monoisotopic (exact) mass is 266 g/mol. The van der Waals surface area contributed by atoms with E-state index < -0.39 is 0 Å². The van der Waals surface area contributed by atoms with Crippen molar-refractivity contribution in [3.8, 4) is 0 Å². The van der Waals surface area contributed by atoms with E-state index >= 15 is 0 Å². The molecule has 0 aliphatic carbocycles. The van der Waals surface area contributed by atoms with Gasteiger partial charge in [0.05, 0.1) is 24.4 Å². The normalized spacial score (nSPS) is 29.4. The van der Waals surface area contributed by atoms with Crippen LogP contribution in [0.4, 0.5) is 0 Å². The Morgan fingerprint density at radius 2 is 2.53 bits per heavy atom. The van der Waals surface area contributed by atoms with Crippen molar-refractivity contribution >= 4 is 0 Å². The van der Waals surface area contributed by atoms with E-state index in [0.29, 0.717) is 6.04 Å². The molecule has 3 heterocycles. The molecule has 0 bridgehead atoms. The molecule has 0 saturated carbocycles. The number of nitrogens with two attached hydrogens (primary N) is 1. The first-order chi connectivity index (χ1) is 9.26. The molecule has 3 unspecified atom stereocenters. The van der Waals surface area contributed by atoms with Gasteiger partial charge in [-0.3, -0.25) is 20.9 Å². The predicted octanol–water partition coefficient (Wildman–Crippen LogP) is -0.947. The highest BCUT2D eigenvalue weighted by Crippen LogP contribution is 2.24. The van der Waals surface area contributed by atoms with E-state index in [4.69, 9.17) is 10.6 Å². The van der Waals surface area contributed by atoms with Gasteiger partial charge >= 0.3 is 0 Å². The lowest BCUT2D eigenvalue weighted by Gasteiger charge is -2.38. The minimum absolute atomic E-state index is 0.0817. The van der Waals surface area contributed by atoms with Crippen LogP contribution in [0.1, 0.15) is 18.5 Å². The molecule has 3 atom stereocenters. The molecule has 7 heteroatoms. The summed E-state index contributed by atoms with van der Waals surface area (Å²) in [7, 11) is 1.87. The number of aromatic nitrogens is 3. The van der Waals surface area contributed by atoms with E-state index in [0.717, 1.165) is 25.3 Å². The minimum Gasteiger partial charge on any atom is -0.374 e. The number of hydrogen-bond acceptors (Lipinski definition) is 6. The molecule has 2 fully saturated rings. The van der Waals surface area contributed by atoms with Crippen molar-refractivity contribution in [3.63, 3.8) is 0 Å². The van der Waals surface area contributed by atoms with Crippen molar-refractivity contribution < 1.29 is 4.74 Å². The van der Waals surface area contributed by atoms with Crippen molar-refractivity contribution in [2.24, 2.45) is 12.9 Å². The third-order valence-corrected chi connectivity index (χ3v) is 4.16. The minimum atomic E-state index is 0.0817. The first kappa shape index (κ1) is 13.0. The van der Waals surface area contributed by atoms with Gasteiger partial charge in [-0.25, -0.2) is 0 Å². The smallest absolute Gasteiger partial charge is 0.0872 e. The topological polar surface area (TPSA) is 81.2 Å². The van der Waals surface area contributed by atoms with E-state index in [1.54, 1.807) is 4.68 Å². The van der Waals surface area contributed by atoms with Gasteiger partial charge in [-0.15, -0.1) is 5.10 Å². The summed E-state index contributed by atoms with van der Waals surface area (Å²) in [6, 6.07) is 0.699. The average molecular weight is 266 g/mol. The van der Waals surface area contributed by atoms with Gasteiger partial charge in [0.15, 0.2) is 0 Å². The second-order valence-corrected chi connectivity index (χ2v) is 5.52. The highest BCUT2D eigenvalue weighted by Gasteiger charge is 2.35. The Balaban J connectivity index is 1.62. The fourth-order valence-corrected chi connectivity index (χ4v) is 3.10. The van der Waals surface area contributed by atoms with Crippen molar-refractivity contribution in [1.82, 2.24) is 25.3 Å². The molecule has 0 spiro atoms. The first-order valence-electron chi connectivity index (χ1n) is 6.93. The molecule has 2 saturated heterocycles. The summed E-state index contributed by atoms with van der Waals surface area (Å²) in [6.07, 6.45) is 5.34.